The fraction of sp³-hybridized carbons (Fsp3) is 0.526. The van der Waals surface area contributed by atoms with Crippen molar-refractivity contribution in [2.45, 2.75) is 58.1 Å². The summed E-state index contributed by atoms with van der Waals surface area (Å²) in [4.78, 5) is 22.4. The summed E-state index contributed by atoms with van der Waals surface area (Å²) in [5, 5.41) is 4.84. The van der Waals surface area contributed by atoms with E-state index in [1.807, 2.05) is 18.4 Å². The molecule has 0 saturated carbocycles. The number of hydrogen-bond acceptors (Lipinski definition) is 5. The molecule has 134 valence electrons. The van der Waals surface area contributed by atoms with E-state index in [9.17, 15) is 4.79 Å². The zero-order valence-electron chi connectivity index (χ0n) is 15.0. The van der Waals surface area contributed by atoms with Gasteiger partial charge in [-0.05, 0) is 38.2 Å². The van der Waals surface area contributed by atoms with E-state index < -0.39 is 0 Å². The molecule has 2 aromatic heterocycles. The zero-order valence-corrected chi connectivity index (χ0v) is 15.9. The summed E-state index contributed by atoms with van der Waals surface area (Å²) in [6, 6.07) is 1.96. The van der Waals surface area contributed by atoms with Gasteiger partial charge in [-0.15, -0.1) is 11.3 Å². The molecule has 1 saturated heterocycles. The number of carbonyl (C=O) groups excluding carboxylic acids is 1. The third-order valence-electron chi connectivity index (χ3n) is 4.55. The highest BCUT2D eigenvalue weighted by Gasteiger charge is 2.32. The van der Waals surface area contributed by atoms with Crippen LogP contribution >= 0.6 is 11.3 Å². The number of thiophene rings is 1. The molecule has 1 amide bonds. The molecule has 0 radical (unpaired) electrons. The van der Waals surface area contributed by atoms with E-state index in [1.54, 1.807) is 23.7 Å². The summed E-state index contributed by atoms with van der Waals surface area (Å²) in [6.07, 6.45) is 6.73. The second kappa shape index (κ2) is 7.62. The highest BCUT2D eigenvalue weighted by atomic mass is 32.1. The number of hydrogen-bond donors (Lipinski definition) is 1. The van der Waals surface area contributed by atoms with Gasteiger partial charge in [0, 0.05) is 41.4 Å². The van der Waals surface area contributed by atoms with Crippen LogP contribution in [0.5, 0.6) is 0 Å². The van der Waals surface area contributed by atoms with Crippen molar-refractivity contribution in [1.82, 2.24) is 15.3 Å². The fourth-order valence-corrected chi connectivity index (χ4v) is 3.79. The quantitative estimate of drug-likeness (QED) is 0.876. The minimum atomic E-state index is -0.385. The molecule has 3 rings (SSSR count). The number of amides is 1. The maximum Gasteiger partial charge on any atom is 0.252 e. The van der Waals surface area contributed by atoms with E-state index in [0.29, 0.717) is 18.0 Å². The molecule has 1 fully saturated rings. The van der Waals surface area contributed by atoms with Crippen LogP contribution in [0.1, 0.15) is 72.6 Å². The molecule has 2 aromatic rings. The number of ether oxygens (including phenoxy) is 1. The topological polar surface area (TPSA) is 64.1 Å². The first-order chi connectivity index (χ1) is 12.0. The van der Waals surface area contributed by atoms with E-state index in [2.05, 4.69) is 29.1 Å². The fourth-order valence-electron chi connectivity index (χ4n) is 2.89. The Labute approximate surface area is 152 Å². The summed E-state index contributed by atoms with van der Waals surface area (Å²) in [7, 11) is 0. The Morgan fingerprint density at radius 3 is 2.72 bits per heavy atom. The van der Waals surface area contributed by atoms with Gasteiger partial charge in [-0.3, -0.25) is 4.79 Å². The van der Waals surface area contributed by atoms with Crippen LogP contribution in [0.3, 0.4) is 0 Å². The molecule has 1 aliphatic rings. The molecular weight excluding hydrogens is 334 g/mol. The number of carbonyl (C=O) groups is 1. The predicted molar refractivity (Wildman–Crippen MR) is 98.8 cm³/mol. The largest absolute Gasteiger partial charge is 0.367 e. The normalized spacial score (nSPS) is 20.6. The van der Waals surface area contributed by atoms with E-state index in [-0.39, 0.29) is 11.5 Å². The van der Waals surface area contributed by atoms with Gasteiger partial charge < -0.3 is 10.1 Å². The first-order valence-electron chi connectivity index (χ1n) is 8.80. The molecule has 0 aliphatic carbocycles. The average Bonchev–Trinajstić information content (AvgIpc) is 3.11. The molecule has 1 aliphatic heterocycles. The lowest BCUT2D eigenvalue weighted by atomic mass is 9.95. The third kappa shape index (κ3) is 4.25. The van der Waals surface area contributed by atoms with Crippen molar-refractivity contribution in [2.75, 3.05) is 6.61 Å². The smallest absolute Gasteiger partial charge is 0.252 e. The van der Waals surface area contributed by atoms with Crippen LogP contribution in [-0.2, 0) is 16.9 Å². The molecule has 3 heterocycles. The van der Waals surface area contributed by atoms with Crippen molar-refractivity contribution in [3.05, 3.63) is 45.7 Å². The van der Waals surface area contributed by atoms with Gasteiger partial charge in [-0.25, -0.2) is 9.97 Å². The SMILES string of the molecule is CC(C)c1cc(C(=O)NCc2cnc([C@]3(C)CCCCO3)nc2)cs1. The lowest BCUT2D eigenvalue weighted by Crippen LogP contribution is -2.32. The average molecular weight is 359 g/mol. The van der Waals surface area contributed by atoms with Crippen molar-refractivity contribution in [3.8, 4) is 0 Å². The maximum atomic E-state index is 12.3. The van der Waals surface area contributed by atoms with Crippen LogP contribution in [0.2, 0.25) is 0 Å². The van der Waals surface area contributed by atoms with Gasteiger partial charge in [0.25, 0.3) is 5.91 Å². The van der Waals surface area contributed by atoms with Crippen molar-refractivity contribution in [1.29, 1.82) is 0 Å². The maximum absolute atomic E-state index is 12.3. The molecule has 25 heavy (non-hydrogen) atoms. The summed E-state index contributed by atoms with van der Waals surface area (Å²) < 4.78 is 5.88. The summed E-state index contributed by atoms with van der Waals surface area (Å²) >= 11 is 1.63. The number of nitrogens with one attached hydrogen (secondary N) is 1. The Morgan fingerprint density at radius 2 is 2.12 bits per heavy atom. The first kappa shape index (κ1) is 18.0. The zero-order chi connectivity index (χ0) is 17.9. The highest BCUT2D eigenvalue weighted by molar-refractivity contribution is 7.10. The van der Waals surface area contributed by atoms with E-state index in [1.165, 1.54) is 4.88 Å². The van der Waals surface area contributed by atoms with E-state index >= 15 is 0 Å². The predicted octanol–water partition coefficient (Wildman–Crippen LogP) is 4.01. The van der Waals surface area contributed by atoms with Gasteiger partial charge >= 0.3 is 0 Å². The summed E-state index contributed by atoms with van der Waals surface area (Å²) in [6.45, 7) is 7.48. The number of nitrogens with zero attached hydrogens (tertiary/aromatic N) is 2. The Morgan fingerprint density at radius 1 is 1.36 bits per heavy atom. The van der Waals surface area contributed by atoms with Crippen LogP contribution < -0.4 is 5.32 Å². The molecule has 0 spiro atoms. The van der Waals surface area contributed by atoms with Gasteiger partial charge in [0.15, 0.2) is 5.82 Å². The van der Waals surface area contributed by atoms with Crippen LogP contribution in [0, 0.1) is 0 Å². The monoisotopic (exact) mass is 359 g/mol. The van der Waals surface area contributed by atoms with Gasteiger partial charge in [0.05, 0.1) is 5.56 Å². The summed E-state index contributed by atoms with van der Waals surface area (Å²) in [5.74, 6) is 1.10. The highest BCUT2D eigenvalue weighted by Crippen LogP contribution is 2.32. The van der Waals surface area contributed by atoms with Gasteiger partial charge in [-0.2, -0.15) is 0 Å². The van der Waals surface area contributed by atoms with E-state index in [4.69, 9.17) is 4.74 Å². The molecule has 5 nitrogen and oxygen atoms in total. The molecule has 1 N–H and O–H groups in total. The molecule has 0 unspecified atom stereocenters. The Kier molecular flexibility index (Phi) is 5.49. The Hall–Kier alpha value is -1.79. The lowest BCUT2D eigenvalue weighted by Gasteiger charge is -2.32. The van der Waals surface area contributed by atoms with Gasteiger partial charge in [-0.1, -0.05) is 13.8 Å². The number of aromatic nitrogens is 2. The van der Waals surface area contributed by atoms with Crippen LogP contribution in [0.4, 0.5) is 0 Å². The molecule has 6 heteroatoms. The molecule has 0 bridgehead atoms. The standard InChI is InChI=1S/C19H25N3O2S/c1-13(2)16-8-15(12-25-16)17(23)20-9-14-10-21-18(22-11-14)19(3)6-4-5-7-24-19/h8,10-13H,4-7,9H2,1-3H3,(H,20,23)/t19-/m0/s1. The summed E-state index contributed by atoms with van der Waals surface area (Å²) in [5.41, 5.74) is 1.22. The second-order valence-electron chi connectivity index (χ2n) is 7.03. The van der Waals surface area contributed by atoms with Gasteiger partial charge in [0.1, 0.15) is 5.60 Å². The molecular formula is C19H25N3O2S. The number of rotatable bonds is 5. The minimum Gasteiger partial charge on any atom is -0.367 e. The van der Waals surface area contributed by atoms with E-state index in [0.717, 1.165) is 37.3 Å². The van der Waals surface area contributed by atoms with Crippen LogP contribution in [0.25, 0.3) is 0 Å². The van der Waals surface area contributed by atoms with Crippen LogP contribution in [0.15, 0.2) is 23.8 Å². The van der Waals surface area contributed by atoms with Crippen molar-refractivity contribution < 1.29 is 9.53 Å². The van der Waals surface area contributed by atoms with Crippen LogP contribution in [-0.4, -0.2) is 22.5 Å². The second-order valence-corrected chi connectivity index (χ2v) is 7.97. The molecule has 1 atom stereocenters. The third-order valence-corrected chi connectivity index (χ3v) is 5.78. The Balaban J connectivity index is 1.58. The molecule has 0 aromatic carbocycles. The lowest BCUT2D eigenvalue weighted by molar-refractivity contribution is -0.0760. The minimum absolute atomic E-state index is 0.0604. The van der Waals surface area contributed by atoms with Gasteiger partial charge in [0.2, 0.25) is 0 Å². The first-order valence-corrected chi connectivity index (χ1v) is 9.68. The van der Waals surface area contributed by atoms with Crippen molar-refractivity contribution in [3.63, 3.8) is 0 Å². The van der Waals surface area contributed by atoms with Crippen molar-refractivity contribution >= 4 is 17.2 Å². The Bertz CT molecular complexity index is 719. The van der Waals surface area contributed by atoms with Crippen molar-refractivity contribution in [2.24, 2.45) is 0 Å².